The van der Waals surface area contributed by atoms with Crippen molar-refractivity contribution in [1.29, 1.82) is 5.41 Å². The lowest BCUT2D eigenvalue weighted by Crippen LogP contribution is -2.45. The largest absolute Gasteiger partial charge is 0.493 e. The van der Waals surface area contributed by atoms with Gasteiger partial charge in [-0.05, 0) is 128 Å². The first-order valence-corrected chi connectivity index (χ1v) is 23.0. The summed E-state index contributed by atoms with van der Waals surface area (Å²) in [4.78, 5) is 26.1. The van der Waals surface area contributed by atoms with Crippen LogP contribution in [0.25, 0.3) is 11.1 Å². The molecule has 1 heterocycles. The van der Waals surface area contributed by atoms with Crippen LogP contribution in [0, 0.1) is 16.7 Å². The highest BCUT2D eigenvalue weighted by molar-refractivity contribution is 5.93. The SMILES string of the molecule is CCCCCC1CCC(c2ccc(-c3ccc(C(=O)OCCc4ccc(OC(=O)c5ccc(OCCCCCCOCC6(CC)COC6)c(OC)c5)c(C=N)c4)cc3)cc2)CC1. The van der Waals surface area contributed by atoms with E-state index in [1.165, 1.54) is 64.0 Å². The summed E-state index contributed by atoms with van der Waals surface area (Å²) >= 11 is 0. The molecule has 0 unspecified atom stereocenters. The third-order valence-corrected chi connectivity index (χ3v) is 12.8. The van der Waals surface area contributed by atoms with Gasteiger partial charge in [-0.1, -0.05) is 88.4 Å². The van der Waals surface area contributed by atoms with Gasteiger partial charge in [-0.25, -0.2) is 9.59 Å². The van der Waals surface area contributed by atoms with E-state index in [9.17, 15) is 9.59 Å². The second kappa shape index (κ2) is 24.0. The van der Waals surface area contributed by atoms with Crippen LogP contribution in [0.4, 0.5) is 0 Å². The predicted molar refractivity (Wildman–Crippen MR) is 245 cm³/mol. The summed E-state index contributed by atoms with van der Waals surface area (Å²) in [7, 11) is 1.54. The van der Waals surface area contributed by atoms with Crippen molar-refractivity contribution >= 4 is 18.2 Å². The van der Waals surface area contributed by atoms with Crippen LogP contribution >= 0.6 is 0 Å². The molecule has 1 saturated heterocycles. The molecule has 0 bridgehead atoms. The van der Waals surface area contributed by atoms with E-state index in [0.29, 0.717) is 47.1 Å². The summed E-state index contributed by atoms with van der Waals surface area (Å²) in [6.45, 7) is 8.33. The zero-order chi connectivity index (χ0) is 43.6. The molecule has 0 atom stereocenters. The second-order valence-electron chi connectivity index (χ2n) is 17.2. The third-order valence-electron chi connectivity index (χ3n) is 12.8. The maximum Gasteiger partial charge on any atom is 0.343 e. The molecule has 332 valence electrons. The maximum atomic E-state index is 13.2. The Hall–Kier alpha value is -4.99. The molecule has 0 amide bonds. The van der Waals surface area contributed by atoms with Gasteiger partial charge < -0.3 is 33.8 Å². The van der Waals surface area contributed by atoms with E-state index in [1.54, 1.807) is 36.4 Å². The Kier molecular flexibility index (Phi) is 18.0. The van der Waals surface area contributed by atoms with Gasteiger partial charge in [0.15, 0.2) is 11.5 Å². The van der Waals surface area contributed by atoms with Gasteiger partial charge in [0.05, 0.1) is 51.3 Å². The van der Waals surface area contributed by atoms with Crippen molar-refractivity contribution in [3.63, 3.8) is 0 Å². The molecular weight excluding hydrogens is 779 g/mol. The number of carbonyl (C=O) groups excluding carboxylic acids is 2. The average molecular weight is 846 g/mol. The Morgan fingerprint density at radius 3 is 2.08 bits per heavy atom. The highest BCUT2D eigenvalue weighted by Gasteiger charge is 2.36. The van der Waals surface area contributed by atoms with Crippen molar-refractivity contribution in [2.24, 2.45) is 11.3 Å². The van der Waals surface area contributed by atoms with Crippen molar-refractivity contribution in [2.45, 2.75) is 110 Å². The molecule has 4 aromatic rings. The number of hydrogen-bond acceptors (Lipinski definition) is 9. The van der Waals surface area contributed by atoms with Gasteiger partial charge in [0.1, 0.15) is 5.75 Å². The van der Waals surface area contributed by atoms with Crippen LogP contribution in [0.5, 0.6) is 17.2 Å². The lowest BCUT2D eigenvalue weighted by Gasteiger charge is -2.40. The van der Waals surface area contributed by atoms with Crippen LogP contribution in [-0.2, 0) is 20.6 Å². The zero-order valence-electron chi connectivity index (χ0n) is 37.2. The molecule has 1 saturated carbocycles. The second-order valence-corrected chi connectivity index (χ2v) is 17.2. The first-order chi connectivity index (χ1) is 30.3. The fourth-order valence-electron chi connectivity index (χ4n) is 8.50. The first kappa shape index (κ1) is 46.5. The molecule has 9 nitrogen and oxygen atoms in total. The number of ether oxygens (including phenoxy) is 6. The number of rotatable bonds is 25. The highest BCUT2D eigenvalue weighted by atomic mass is 16.5. The number of carbonyl (C=O) groups is 2. The average Bonchev–Trinajstić information content (AvgIpc) is 3.30. The summed E-state index contributed by atoms with van der Waals surface area (Å²) in [5.41, 5.74) is 5.93. The molecular formula is C53H67NO8. The van der Waals surface area contributed by atoms with Gasteiger partial charge in [0.25, 0.3) is 0 Å². The lowest BCUT2D eigenvalue weighted by molar-refractivity contribution is -0.150. The van der Waals surface area contributed by atoms with Crippen molar-refractivity contribution in [3.8, 4) is 28.4 Å². The summed E-state index contributed by atoms with van der Waals surface area (Å²) in [6, 6.07) is 26.7. The van der Waals surface area contributed by atoms with Gasteiger partial charge in [-0.2, -0.15) is 0 Å². The number of hydrogen-bond donors (Lipinski definition) is 1. The predicted octanol–water partition coefficient (Wildman–Crippen LogP) is 12.2. The molecule has 6 rings (SSSR count). The van der Waals surface area contributed by atoms with E-state index >= 15 is 0 Å². The number of benzene rings is 4. The first-order valence-electron chi connectivity index (χ1n) is 23.0. The van der Waals surface area contributed by atoms with Crippen molar-refractivity contribution < 1.29 is 38.0 Å². The molecule has 2 aliphatic rings. The van der Waals surface area contributed by atoms with Crippen molar-refractivity contribution in [2.75, 3.05) is 46.8 Å². The van der Waals surface area contributed by atoms with E-state index in [4.69, 9.17) is 33.8 Å². The third kappa shape index (κ3) is 13.3. The summed E-state index contributed by atoms with van der Waals surface area (Å²) in [6.07, 6.45) is 17.4. The lowest BCUT2D eigenvalue weighted by atomic mass is 9.77. The van der Waals surface area contributed by atoms with Gasteiger partial charge in [0, 0.05) is 30.2 Å². The van der Waals surface area contributed by atoms with Gasteiger partial charge in [0.2, 0.25) is 0 Å². The molecule has 1 aliphatic heterocycles. The van der Waals surface area contributed by atoms with Gasteiger partial charge >= 0.3 is 11.9 Å². The van der Waals surface area contributed by atoms with E-state index in [0.717, 1.165) is 87.4 Å². The monoisotopic (exact) mass is 845 g/mol. The van der Waals surface area contributed by atoms with E-state index in [1.807, 2.05) is 24.3 Å². The standard InChI is InChI=1S/C53H67NO8/c1-4-6-9-12-39-13-16-41(17-14-39)42-18-20-43(21-19-42)44-22-24-45(25-23-44)51(55)61-32-29-40-15-27-48(47(33-40)35-54)62-52(56)46-26-28-49(50(34-46)57-3)60-31-11-8-7-10-30-58-36-53(5-2)37-59-38-53/h15,18-28,33-35,39,41,54H,4-14,16-17,29-32,36-38H2,1-3H3. The molecule has 0 spiro atoms. The van der Waals surface area contributed by atoms with Crippen LogP contribution in [0.15, 0.2) is 84.9 Å². The van der Waals surface area contributed by atoms with Gasteiger partial charge in [-0.15, -0.1) is 0 Å². The maximum absolute atomic E-state index is 13.2. The van der Waals surface area contributed by atoms with E-state index in [2.05, 4.69) is 38.1 Å². The zero-order valence-corrected chi connectivity index (χ0v) is 37.2. The van der Waals surface area contributed by atoms with Crippen molar-refractivity contribution in [3.05, 3.63) is 113 Å². The smallest absolute Gasteiger partial charge is 0.343 e. The number of methoxy groups -OCH3 is 1. The molecule has 9 heteroatoms. The van der Waals surface area contributed by atoms with Crippen LogP contribution < -0.4 is 14.2 Å². The Labute approximate surface area is 369 Å². The van der Waals surface area contributed by atoms with Gasteiger partial charge in [-0.3, -0.25) is 0 Å². The molecule has 1 aliphatic carbocycles. The summed E-state index contributed by atoms with van der Waals surface area (Å²) < 4.78 is 34.1. The number of esters is 2. The highest BCUT2D eigenvalue weighted by Crippen LogP contribution is 2.38. The molecule has 4 aromatic carbocycles. The molecule has 1 N–H and O–H groups in total. The minimum Gasteiger partial charge on any atom is -0.493 e. The molecule has 2 fully saturated rings. The number of nitrogens with one attached hydrogen (secondary N) is 1. The molecule has 0 aromatic heterocycles. The van der Waals surface area contributed by atoms with Crippen LogP contribution in [0.2, 0.25) is 0 Å². The van der Waals surface area contributed by atoms with Crippen LogP contribution in [0.1, 0.15) is 141 Å². The Balaban J connectivity index is 0.900. The number of unbranched alkanes of at least 4 members (excludes halogenated alkanes) is 5. The summed E-state index contributed by atoms with van der Waals surface area (Å²) in [5.74, 6) is 1.85. The fourth-order valence-corrected chi connectivity index (χ4v) is 8.50. The Morgan fingerprint density at radius 2 is 1.42 bits per heavy atom. The van der Waals surface area contributed by atoms with E-state index in [-0.39, 0.29) is 23.7 Å². The Bertz CT molecular complexity index is 2010. The fraction of sp³-hybridized carbons (Fsp3) is 0.491. The van der Waals surface area contributed by atoms with E-state index < -0.39 is 5.97 Å². The van der Waals surface area contributed by atoms with Crippen molar-refractivity contribution in [1.82, 2.24) is 0 Å². The normalized spacial score (nSPS) is 16.8. The van der Waals surface area contributed by atoms with Crippen LogP contribution in [0.3, 0.4) is 0 Å². The quantitative estimate of drug-likeness (QED) is 0.0304. The van der Waals surface area contributed by atoms with Crippen LogP contribution in [-0.4, -0.2) is 64.9 Å². The minimum atomic E-state index is -0.579. The summed E-state index contributed by atoms with van der Waals surface area (Å²) in [5, 5.41) is 7.97. The Morgan fingerprint density at radius 1 is 0.726 bits per heavy atom. The molecule has 0 radical (unpaired) electrons. The topological polar surface area (TPSA) is 113 Å². The minimum absolute atomic E-state index is 0.165. The molecule has 62 heavy (non-hydrogen) atoms.